The Bertz CT molecular complexity index is 417. The van der Waals surface area contributed by atoms with Crippen LogP contribution in [0, 0.1) is 5.92 Å². The summed E-state index contributed by atoms with van der Waals surface area (Å²) in [4.78, 5) is 4.11. The molecule has 2 aliphatic heterocycles. The highest BCUT2D eigenvalue weighted by Gasteiger charge is 2.42. The molecule has 0 aliphatic carbocycles. The maximum absolute atomic E-state index is 10.5. The van der Waals surface area contributed by atoms with Crippen LogP contribution in [0.25, 0.3) is 0 Å². The van der Waals surface area contributed by atoms with Gasteiger partial charge in [0.2, 0.25) is 0 Å². The van der Waals surface area contributed by atoms with Crippen molar-refractivity contribution >= 4 is 0 Å². The molecule has 2 saturated heterocycles. The van der Waals surface area contributed by atoms with Gasteiger partial charge in [0, 0.05) is 32.0 Å². The molecule has 1 aromatic rings. The molecule has 0 amide bonds. The SMILES string of the molecule is OC(CCc1cccnc1)C1CCOC2(CCOC2)C1. The van der Waals surface area contributed by atoms with Crippen molar-refractivity contribution in [1.29, 1.82) is 0 Å². The van der Waals surface area contributed by atoms with E-state index in [1.807, 2.05) is 12.3 Å². The van der Waals surface area contributed by atoms with E-state index < -0.39 is 0 Å². The molecule has 3 rings (SSSR count). The summed E-state index contributed by atoms with van der Waals surface area (Å²) in [7, 11) is 0. The lowest BCUT2D eigenvalue weighted by Crippen LogP contribution is -2.43. The van der Waals surface area contributed by atoms with Gasteiger partial charge in [-0.25, -0.2) is 0 Å². The van der Waals surface area contributed by atoms with Crippen LogP contribution in [-0.4, -0.2) is 41.6 Å². The van der Waals surface area contributed by atoms with E-state index >= 15 is 0 Å². The topological polar surface area (TPSA) is 51.6 Å². The zero-order valence-electron chi connectivity index (χ0n) is 11.8. The fourth-order valence-corrected chi connectivity index (χ4v) is 3.35. The molecule has 110 valence electrons. The molecule has 1 spiro atoms. The summed E-state index contributed by atoms with van der Waals surface area (Å²) >= 11 is 0. The van der Waals surface area contributed by atoms with Gasteiger partial charge in [-0.2, -0.15) is 0 Å². The summed E-state index contributed by atoms with van der Waals surface area (Å²) in [5.41, 5.74) is 1.08. The third kappa shape index (κ3) is 3.19. The Morgan fingerprint density at radius 1 is 1.45 bits per heavy atom. The lowest BCUT2D eigenvalue weighted by atomic mass is 9.81. The van der Waals surface area contributed by atoms with Crippen LogP contribution in [0.3, 0.4) is 0 Å². The number of rotatable bonds is 4. The maximum atomic E-state index is 10.5. The molecular weight excluding hydrogens is 254 g/mol. The lowest BCUT2D eigenvalue weighted by molar-refractivity contribution is -0.117. The zero-order valence-corrected chi connectivity index (χ0v) is 11.8. The standard InChI is InChI=1S/C16H23NO3/c18-15(4-3-13-2-1-7-17-11-13)14-5-8-20-16(10-14)6-9-19-12-16/h1-2,7,11,14-15,18H,3-6,8-10,12H2. The summed E-state index contributed by atoms with van der Waals surface area (Å²) < 4.78 is 11.4. The molecule has 4 nitrogen and oxygen atoms in total. The van der Waals surface area contributed by atoms with Crippen LogP contribution < -0.4 is 0 Å². The van der Waals surface area contributed by atoms with E-state index in [-0.39, 0.29) is 11.7 Å². The molecule has 1 N–H and O–H groups in total. The zero-order chi connectivity index (χ0) is 13.8. The summed E-state index contributed by atoms with van der Waals surface area (Å²) in [5.74, 6) is 0.335. The number of aliphatic hydroxyl groups is 1. The Balaban J connectivity index is 1.53. The first-order valence-corrected chi connectivity index (χ1v) is 7.56. The summed E-state index contributed by atoms with van der Waals surface area (Å²) in [6.07, 6.45) is 7.95. The molecule has 0 radical (unpaired) electrons. The van der Waals surface area contributed by atoms with Crippen molar-refractivity contribution in [2.45, 2.75) is 43.8 Å². The number of ether oxygens (including phenoxy) is 2. The van der Waals surface area contributed by atoms with E-state index in [1.54, 1.807) is 6.20 Å². The third-order valence-corrected chi connectivity index (χ3v) is 4.59. The van der Waals surface area contributed by atoms with Crippen LogP contribution >= 0.6 is 0 Å². The summed E-state index contributed by atoms with van der Waals surface area (Å²) in [5, 5.41) is 10.5. The van der Waals surface area contributed by atoms with Crippen LogP contribution in [0.2, 0.25) is 0 Å². The van der Waals surface area contributed by atoms with Crippen LogP contribution in [0.5, 0.6) is 0 Å². The molecule has 0 aromatic carbocycles. The van der Waals surface area contributed by atoms with Gasteiger partial charge in [-0.15, -0.1) is 0 Å². The van der Waals surface area contributed by atoms with Crippen LogP contribution in [-0.2, 0) is 15.9 Å². The van der Waals surface area contributed by atoms with Gasteiger partial charge in [0.05, 0.1) is 18.3 Å². The average molecular weight is 277 g/mol. The van der Waals surface area contributed by atoms with Gasteiger partial charge in [0.1, 0.15) is 0 Å². The van der Waals surface area contributed by atoms with Crippen LogP contribution in [0.15, 0.2) is 24.5 Å². The van der Waals surface area contributed by atoms with Crippen LogP contribution in [0.4, 0.5) is 0 Å². The number of aromatic nitrogens is 1. The molecule has 20 heavy (non-hydrogen) atoms. The third-order valence-electron chi connectivity index (χ3n) is 4.59. The summed E-state index contributed by atoms with van der Waals surface area (Å²) in [6, 6.07) is 4.01. The molecular formula is C16H23NO3. The minimum absolute atomic E-state index is 0.113. The number of aliphatic hydroxyl groups excluding tert-OH is 1. The summed E-state index contributed by atoms with van der Waals surface area (Å²) in [6.45, 7) is 2.23. The number of aryl methyl sites for hydroxylation is 1. The smallest absolute Gasteiger partial charge is 0.0940 e. The largest absolute Gasteiger partial charge is 0.393 e. The first-order valence-electron chi connectivity index (χ1n) is 7.56. The highest BCUT2D eigenvalue weighted by Crippen LogP contribution is 2.37. The monoisotopic (exact) mass is 277 g/mol. The number of nitrogens with zero attached hydrogens (tertiary/aromatic N) is 1. The van der Waals surface area contributed by atoms with E-state index in [9.17, 15) is 5.11 Å². The quantitative estimate of drug-likeness (QED) is 0.914. The lowest BCUT2D eigenvalue weighted by Gasteiger charge is -2.39. The highest BCUT2D eigenvalue weighted by atomic mass is 16.6. The fraction of sp³-hybridized carbons (Fsp3) is 0.688. The number of hydrogen-bond acceptors (Lipinski definition) is 4. The molecule has 3 atom stereocenters. The molecule has 0 bridgehead atoms. The van der Waals surface area contributed by atoms with Gasteiger partial charge in [-0.1, -0.05) is 6.07 Å². The normalized spacial score (nSPS) is 31.6. The van der Waals surface area contributed by atoms with E-state index in [0.717, 1.165) is 45.3 Å². The van der Waals surface area contributed by atoms with E-state index in [2.05, 4.69) is 11.1 Å². The molecule has 4 heteroatoms. The van der Waals surface area contributed by atoms with E-state index in [1.165, 1.54) is 5.56 Å². The predicted molar refractivity (Wildman–Crippen MR) is 75.4 cm³/mol. The Morgan fingerprint density at radius 2 is 2.40 bits per heavy atom. The minimum Gasteiger partial charge on any atom is -0.393 e. The molecule has 3 unspecified atom stereocenters. The van der Waals surface area contributed by atoms with Crippen molar-refractivity contribution in [2.75, 3.05) is 19.8 Å². The van der Waals surface area contributed by atoms with Gasteiger partial charge in [0.15, 0.2) is 0 Å². The van der Waals surface area contributed by atoms with Crippen molar-refractivity contribution in [1.82, 2.24) is 4.98 Å². The highest BCUT2D eigenvalue weighted by molar-refractivity contribution is 5.08. The maximum Gasteiger partial charge on any atom is 0.0940 e. The molecule has 2 fully saturated rings. The van der Waals surface area contributed by atoms with E-state index in [0.29, 0.717) is 12.5 Å². The molecule has 2 aliphatic rings. The second kappa shape index (κ2) is 6.20. The first kappa shape index (κ1) is 14.0. The number of pyridine rings is 1. The van der Waals surface area contributed by atoms with Gasteiger partial charge in [-0.05, 0) is 43.2 Å². The van der Waals surface area contributed by atoms with Gasteiger partial charge in [-0.3, -0.25) is 4.98 Å². The van der Waals surface area contributed by atoms with Crippen molar-refractivity contribution in [3.8, 4) is 0 Å². The first-order chi connectivity index (χ1) is 9.77. The van der Waals surface area contributed by atoms with E-state index in [4.69, 9.17) is 9.47 Å². The Labute approximate surface area is 120 Å². The Morgan fingerprint density at radius 3 is 3.15 bits per heavy atom. The Hall–Kier alpha value is -0.970. The van der Waals surface area contributed by atoms with Crippen molar-refractivity contribution in [3.05, 3.63) is 30.1 Å². The second-order valence-electron chi connectivity index (χ2n) is 6.05. The molecule has 3 heterocycles. The van der Waals surface area contributed by atoms with Gasteiger partial charge >= 0.3 is 0 Å². The van der Waals surface area contributed by atoms with Crippen LogP contribution in [0.1, 0.15) is 31.2 Å². The molecule has 0 saturated carbocycles. The van der Waals surface area contributed by atoms with Gasteiger partial charge in [0.25, 0.3) is 0 Å². The van der Waals surface area contributed by atoms with Crippen molar-refractivity contribution in [2.24, 2.45) is 5.92 Å². The Kier molecular flexibility index (Phi) is 4.34. The predicted octanol–water partition coefficient (Wildman–Crippen LogP) is 1.96. The molecule has 1 aromatic heterocycles. The average Bonchev–Trinajstić information content (AvgIpc) is 2.93. The van der Waals surface area contributed by atoms with Gasteiger partial charge < -0.3 is 14.6 Å². The minimum atomic E-state index is -0.253. The van der Waals surface area contributed by atoms with Crippen molar-refractivity contribution in [3.63, 3.8) is 0 Å². The van der Waals surface area contributed by atoms with Crippen molar-refractivity contribution < 1.29 is 14.6 Å². The second-order valence-corrected chi connectivity index (χ2v) is 6.05. The number of hydrogen-bond donors (Lipinski definition) is 1. The fourth-order valence-electron chi connectivity index (χ4n) is 3.35.